The van der Waals surface area contributed by atoms with Crippen molar-refractivity contribution in [1.82, 2.24) is 0 Å². The maximum absolute atomic E-state index is 11.6. The fourth-order valence-electron chi connectivity index (χ4n) is 5.01. The molecule has 3 heteroatoms. The quantitative estimate of drug-likeness (QED) is 0.180. The van der Waals surface area contributed by atoms with Crippen LogP contribution in [0.2, 0.25) is 0 Å². The van der Waals surface area contributed by atoms with Crippen LogP contribution in [0.4, 0.5) is 5.69 Å². The second kappa shape index (κ2) is 13.1. The summed E-state index contributed by atoms with van der Waals surface area (Å²) in [7, 11) is 0. The zero-order valence-corrected chi connectivity index (χ0v) is 23.0. The Kier molecular flexibility index (Phi) is 9.37. The molecule has 4 rings (SSSR count). The van der Waals surface area contributed by atoms with E-state index in [1.54, 1.807) is 0 Å². The topological polar surface area (TPSA) is 29.5 Å². The third-order valence-electron chi connectivity index (χ3n) is 7.29. The van der Waals surface area contributed by atoms with Crippen molar-refractivity contribution in [2.75, 3.05) is 4.90 Å². The molecule has 4 aromatic carbocycles. The number of ether oxygens (including phenoxy) is 1. The van der Waals surface area contributed by atoms with Crippen molar-refractivity contribution < 1.29 is 9.53 Å². The van der Waals surface area contributed by atoms with E-state index in [4.69, 9.17) is 4.74 Å². The average molecular weight is 506 g/mol. The Morgan fingerprint density at radius 1 is 0.737 bits per heavy atom. The molecule has 0 bridgehead atoms. The summed E-state index contributed by atoms with van der Waals surface area (Å²) in [5.41, 5.74) is 7.08. The molecule has 0 amide bonds. The molecule has 0 saturated carbocycles. The van der Waals surface area contributed by atoms with Crippen LogP contribution in [0.5, 0.6) is 5.75 Å². The van der Waals surface area contributed by atoms with E-state index in [0.29, 0.717) is 17.7 Å². The van der Waals surface area contributed by atoms with Crippen LogP contribution in [-0.4, -0.2) is 12.3 Å². The lowest BCUT2D eigenvalue weighted by Gasteiger charge is -2.30. The SMILES string of the molecule is CCC(CC)c1ccc(N(Cc2cccc(-c3ccc(OC(C=O)c4ccccc4)cc3)c2)C(C)C)cc1. The summed E-state index contributed by atoms with van der Waals surface area (Å²) in [4.78, 5) is 14.1. The van der Waals surface area contributed by atoms with Crippen LogP contribution in [0.25, 0.3) is 11.1 Å². The lowest BCUT2D eigenvalue weighted by molar-refractivity contribution is -0.113. The van der Waals surface area contributed by atoms with E-state index >= 15 is 0 Å². The minimum atomic E-state index is -0.615. The summed E-state index contributed by atoms with van der Waals surface area (Å²) in [6.45, 7) is 9.87. The molecule has 1 unspecified atom stereocenters. The lowest BCUT2D eigenvalue weighted by Crippen LogP contribution is -2.30. The molecule has 0 fully saturated rings. The average Bonchev–Trinajstić information content (AvgIpc) is 2.96. The van der Waals surface area contributed by atoms with Gasteiger partial charge in [-0.25, -0.2) is 0 Å². The van der Waals surface area contributed by atoms with Crippen molar-refractivity contribution >= 4 is 12.0 Å². The van der Waals surface area contributed by atoms with Gasteiger partial charge in [0.2, 0.25) is 0 Å². The summed E-state index contributed by atoms with van der Waals surface area (Å²) in [5, 5.41) is 0. The zero-order valence-electron chi connectivity index (χ0n) is 23.0. The van der Waals surface area contributed by atoms with Gasteiger partial charge >= 0.3 is 0 Å². The number of anilines is 1. The normalized spacial score (nSPS) is 11.9. The molecule has 4 aromatic rings. The first-order chi connectivity index (χ1) is 18.5. The summed E-state index contributed by atoms with van der Waals surface area (Å²) in [6, 6.07) is 35.8. The number of hydrogen-bond acceptors (Lipinski definition) is 3. The molecule has 0 N–H and O–H groups in total. The first-order valence-corrected chi connectivity index (χ1v) is 13.7. The minimum absolute atomic E-state index is 0.379. The number of aldehydes is 1. The van der Waals surface area contributed by atoms with E-state index in [-0.39, 0.29) is 0 Å². The number of carbonyl (C=O) groups excluding carboxylic acids is 1. The zero-order chi connectivity index (χ0) is 26.9. The second-order valence-electron chi connectivity index (χ2n) is 10.1. The highest BCUT2D eigenvalue weighted by atomic mass is 16.5. The van der Waals surface area contributed by atoms with Crippen LogP contribution in [0.15, 0.2) is 103 Å². The Balaban J connectivity index is 1.48. The van der Waals surface area contributed by atoms with Crippen molar-refractivity contribution in [3.8, 4) is 16.9 Å². The van der Waals surface area contributed by atoms with Gasteiger partial charge in [-0.2, -0.15) is 0 Å². The van der Waals surface area contributed by atoms with Crippen LogP contribution >= 0.6 is 0 Å². The summed E-state index contributed by atoms with van der Waals surface area (Å²) < 4.78 is 5.95. The van der Waals surface area contributed by atoms with Gasteiger partial charge in [0.25, 0.3) is 0 Å². The van der Waals surface area contributed by atoms with Gasteiger partial charge in [-0.1, -0.05) is 86.6 Å². The largest absolute Gasteiger partial charge is 0.478 e. The summed E-state index contributed by atoms with van der Waals surface area (Å²) in [5.74, 6) is 1.31. The molecule has 0 heterocycles. The van der Waals surface area contributed by atoms with E-state index in [1.807, 2.05) is 42.5 Å². The van der Waals surface area contributed by atoms with Gasteiger partial charge in [-0.05, 0) is 90.8 Å². The van der Waals surface area contributed by atoms with Gasteiger partial charge in [0.1, 0.15) is 5.75 Å². The monoisotopic (exact) mass is 505 g/mol. The second-order valence-corrected chi connectivity index (χ2v) is 10.1. The van der Waals surface area contributed by atoms with E-state index in [0.717, 1.165) is 29.5 Å². The minimum Gasteiger partial charge on any atom is -0.478 e. The van der Waals surface area contributed by atoms with E-state index < -0.39 is 6.10 Å². The highest BCUT2D eigenvalue weighted by Gasteiger charge is 2.14. The Bertz CT molecular complexity index is 1280. The maximum atomic E-state index is 11.6. The number of carbonyl (C=O) groups is 1. The molecule has 196 valence electrons. The summed E-state index contributed by atoms with van der Waals surface area (Å²) in [6.07, 6.45) is 2.58. The molecule has 0 spiro atoms. The molecule has 0 aromatic heterocycles. The number of nitrogens with zero attached hydrogens (tertiary/aromatic N) is 1. The molecular weight excluding hydrogens is 466 g/mol. The molecule has 38 heavy (non-hydrogen) atoms. The third kappa shape index (κ3) is 6.72. The Hall–Kier alpha value is -3.85. The molecule has 3 nitrogen and oxygen atoms in total. The third-order valence-corrected chi connectivity index (χ3v) is 7.29. The maximum Gasteiger partial charge on any atom is 0.179 e. The fourth-order valence-corrected chi connectivity index (χ4v) is 5.01. The molecule has 0 aliphatic carbocycles. The van der Waals surface area contributed by atoms with Crippen LogP contribution < -0.4 is 9.64 Å². The van der Waals surface area contributed by atoms with E-state index in [1.165, 1.54) is 29.7 Å². The fraction of sp³-hybridized carbons (Fsp3) is 0.286. The number of benzene rings is 4. The first kappa shape index (κ1) is 27.2. The van der Waals surface area contributed by atoms with Crippen molar-refractivity contribution in [1.29, 1.82) is 0 Å². The molecule has 0 saturated heterocycles. The van der Waals surface area contributed by atoms with Gasteiger partial charge in [0.05, 0.1) is 0 Å². The Morgan fingerprint density at radius 2 is 1.42 bits per heavy atom. The van der Waals surface area contributed by atoms with Gasteiger partial charge in [0, 0.05) is 18.3 Å². The van der Waals surface area contributed by atoms with Crippen LogP contribution in [-0.2, 0) is 11.3 Å². The van der Waals surface area contributed by atoms with Crippen LogP contribution in [0.1, 0.15) is 69.2 Å². The van der Waals surface area contributed by atoms with Gasteiger partial charge in [-0.15, -0.1) is 0 Å². The Labute approximate surface area is 228 Å². The van der Waals surface area contributed by atoms with Crippen molar-refractivity contribution in [2.24, 2.45) is 0 Å². The predicted molar refractivity (Wildman–Crippen MR) is 159 cm³/mol. The lowest BCUT2D eigenvalue weighted by atomic mass is 9.94. The standard InChI is InChI=1S/C35H39NO2/c1-5-28(6-2)29-15-19-33(20-16-29)36(26(3)4)24-27-11-10-14-32(23-27)30-17-21-34(22-18-30)38-35(25-37)31-12-8-7-9-13-31/h7-23,25-26,28,35H,5-6,24H2,1-4H3. The molecule has 0 aliphatic heterocycles. The van der Waals surface area contributed by atoms with Crippen molar-refractivity contribution in [3.05, 3.63) is 120 Å². The smallest absolute Gasteiger partial charge is 0.179 e. The number of hydrogen-bond donors (Lipinski definition) is 0. The van der Waals surface area contributed by atoms with Crippen LogP contribution in [0, 0.1) is 0 Å². The number of rotatable bonds is 12. The van der Waals surface area contributed by atoms with Gasteiger partial charge < -0.3 is 9.64 Å². The van der Waals surface area contributed by atoms with E-state index in [9.17, 15) is 4.79 Å². The van der Waals surface area contributed by atoms with Gasteiger partial charge in [-0.3, -0.25) is 4.79 Å². The highest BCUT2D eigenvalue weighted by Crippen LogP contribution is 2.29. The Morgan fingerprint density at radius 3 is 2.03 bits per heavy atom. The predicted octanol–water partition coefficient (Wildman–Crippen LogP) is 8.99. The molecule has 0 aliphatic rings. The summed E-state index contributed by atoms with van der Waals surface area (Å²) >= 11 is 0. The first-order valence-electron chi connectivity index (χ1n) is 13.7. The van der Waals surface area contributed by atoms with Crippen molar-refractivity contribution in [2.45, 2.75) is 65.1 Å². The van der Waals surface area contributed by atoms with Gasteiger partial charge in [0.15, 0.2) is 12.4 Å². The molecule has 1 atom stereocenters. The van der Waals surface area contributed by atoms with E-state index in [2.05, 4.69) is 93.3 Å². The molecule has 0 radical (unpaired) electrons. The molecular formula is C35H39NO2. The van der Waals surface area contributed by atoms with Crippen LogP contribution in [0.3, 0.4) is 0 Å². The van der Waals surface area contributed by atoms with Crippen molar-refractivity contribution in [3.63, 3.8) is 0 Å². The highest BCUT2D eigenvalue weighted by molar-refractivity contribution is 5.66.